The lowest BCUT2D eigenvalue weighted by molar-refractivity contribution is -0.132. The van der Waals surface area contributed by atoms with Gasteiger partial charge in [-0.3, -0.25) is 4.79 Å². The number of carbonyl (C=O) groups excluding carboxylic acids is 1. The van der Waals surface area contributed by atoms with Crippen LogP contribution in [0.3, 0.4) is 0 Å². The molecule has 0 aliphatic rings. The van der Waals surface area contributed by atoms with Crippen molar-refractivity contribution in [2.24, 2.45) is 0 Å². The van der Waals surface area contributed by atoms with Crippen molar-refractivity contribution in [3.8, 4) is 0 Å². The van der Waals surface area contributed by atoms with Crippen LogP contribution in [0.1, 0.15) is 51.0 Å². The van der Waals surface area contributed by atoms with E-state index >= 15 is 0 Å². The molecular weight excluding hydrogens is 250 g/mol. The molecule has 1 aromatic carbocycles. The van der Waals surface area contributed by atoms with Gasteiger partial charge in [0.1, 0.15) is 0 Å². The molecule has 0 N–H and O–H groups in total. The molecule has 0 bridgehead atoms. The summed E-state index contributed by atoms with van der Waals surface area (Å²) in [5, 5.41) is 10.9. The van der Waals surface area contributed by atoms with Gasteiger partial charge in [0.25, 0.3) is 0 Å². The van der Waals surface area contributed by atoms with E-state index in [4.69, 9.17) is 0 Å². The highest BCUT2D eigenvalue weighted by Gasteiger charge is 2.13. The number of carbonyl (C=O) groups is 1. The summed E-state index contributed by atoms with van der Waals surface area (Å²) in [5.74, 6) is 0.112. The number of rotatable bonds is 10. The predicted molar refractivity (Wildman–Crippen MR) is 80.8 cm³/mol. The van der Waals surface area contributed by atoms with Crippen molar-refractivity contribution in [2.75, 3.05) is 13.2 Å². The summed E-state index contributed by atoms with van der Waals surface area (Å²) in [6.45, 7) is 2.81. The van der Waals surface area contributed by atoms with Gasteiger partial charge >= 0.3 is 0 Å². The number of benzene rings is 1. The standard InChI is InChI=1S/C17H26NO2/c1-2-3-4-5-9-12-17(20)18(13-14-19)15-16-10-7-6-8-11-16/h6-8,10-11H,2-5,9,12-15H2,1H3. The largest absolute Gasteiger partial charge is 0.336 e. The molecule has 0 fully saturated rings. The van der Waals surface area contributed by atoms with Crippen molar-refractivity contribution in [1.82, 2.24) is 4.90 Å². The third kappa shape index (κ3) is 6.71. The summed E-state index contributed by atoms with van der Waals surface area (Å²) in [7, 11) is 0. The first-order valence-corrected chi connectivity index (χ1v) is 7.67. The van der Waals surface area contributed by atoms with Crippen LogP contribution in [0.2, 0.25) is 0 Å². The second-order valence-corrected chi connectivity index (χ2v) is 5.17. The average Bonchev–Trinajstić information content (AvgIpc) is 2.47. The summed E-state index contributed by atoms with van der Waals surface area (Å²) in [5.41, 5.74) is 1.08. The van der Waals surface area contributed by atoms with E-state index in [2.05, 4.69) is 6.92 Å². The van der Waals surface area contributed by atoms with Crippen molar-refractivity contribution in [1.29, 1.82) is 0 Å². The number of unbranched alkanes of at least 4 members (excludes halogenated alkanes) is 4. The summed E-state index contributed by atoms with van der Waals surface area (Å²) in [6.07, 6.45) is 6.26. The van der Waals surface area contributed by atoms with E-state index in [1.54, 1.807) is 4.90 Å². The minimum Gasteiger partial charge on any atom is -0.336 e. The maximum Gasteiger partial charge on any atom is 0.222 e. The molecule has 1 amide bonds. The third-order valence-electron chi connectivity index (χ3n) is 3.42. The van der Waals surface area contributed by atoms with E-state index in [9.17, 15) is 9.90 Å². The Morgan fingerprint density at radius 3 is 2.40 bits per heavy atom. The smallest absolute Gasteiger partial charge is 0.222 e. The molecule has 0 aromatic heterocycles. The summed E-state index contributed by atoms with van der Waals surface area (Å²) in [4.78, 5) is 13.9. The Hall–Kier alpha value is -1.35. The van der Waals surface area contributed by atoms with Crippen LogP contribution in [0.25, 0.3) is 0 Å². The SMILES string of the molecule is CCCCCCCC(=O)N(CC[O])Cc1ccccc1. The van der Waals surface area contributed by atoms with E-state index < -0.39 is 0 Å². The lowest BCUT2D eigenvalue weighted by atomic mass is 10.1. The van der Waals surface area contributed by atoms with Gasteiger partial charge < -0.3 is 4.90 Å². The molecule has 0 unspecified atom stereocenters. The van der Waals surface area contributed by atoms with E-state index in [0.717, 1.165) is 18.4 Å². The van der Waals surface area contributed by atoms with Crippen molar-refractivity contribution in [3.63, 3.8) is 0 Å². The maximum absolute atomic E-state index is 12.2. The molecule has 1 rings (SSSR count). The quantitative estimate of drug-likeness (QED) is 0.599. The van der Waals surface area contributed by atoms with Crippen LogP contribution >= 0.6 is 0 Å². The Balaban J connectivity index is 2.38. The van der Waals surface area contributed by atoms with Crippen LogP contribution in [-0.4, -0.2) is 24.0 Å². The highest BCUT2D eigenvalue weighted by Crippen LogP contribution is 2.10. The Morgan fingerprint density at radius 2 is 1.75 bits per heavy atom. The zero-order chi connectivity index (χ0) is 14.6. The fraction of sp³-hybridized carbons (Fsp3) is 0.588. The van der Waals surface area contributed by atoms with Gasteiger partial charge in [-0.2, -0.15) is 0 Å². The van der Waals surface area contributed by atoms with Gasteiger partial charge in [0, 0.05) is 19.5 Å². The monoisotopic (exact) mass is 276 g/mol. The topological polar surface area (TPSA) is 40.2 Å². The first kappa shape index (κ1) is 16.7. The molecule has 3 heteroatoms. The number of amides is 1. The van der Waals surface area contributed by atoms with E-state index in [1.165, 1.54) is 19.3 Å². The van der Waals surface area contributed by atoms with Gasteiger partial charge in [-0.05, 0) is 12.0 Å². The van der Waals surface area contributed by atoms with Crippen LogP contribution in [0, 0.1) is 0 Å². The number of nitrogens with zero attached hydrogens (tertiary/aromatic N) is 1. The zero-order valence-electron chi connectivity index (χ0n) is 12.5. The van der Waals surface area contributed by atoms with Crippen molar-refractivity contribution >= 4 is 5.91 Å². The van der Waals surface area contributed by atoms with Crippen LogP contribution in [0.5, 0.6) is 0 Å². The molecule has 0 aliphatic heterocycles. The van der Waals surface area contributed by atoms with E-state index in [-0.39, 0.29) is 12.5 Å². The molecule has 0 spiro atoms. The predicted octanol–water partition coefficient (Wildman–Crippen LogP) is 3.81. The molecular formula is C17H26NO2. The lowest BCUT2D eigenvalue weighted by Crippen LogP contribution is -2.32. The van der Waals surface area contributed by atoms with Gasteiger partial charge in [-0.1, -0.05) is 62.9 Å². The van der Waals surface area contributed by atoms with Gasteiger partial charge in [-0.25, -0.2) is 5.11 Å². The van der Waals surface area contributed by atoms with E-state index in [0.29, 0.717) is 19.5 Å². The normalized spacial score (nSPS) is 10.5. The van der Waals surface area contributed by atoms with Crippen molar-refractivity contribution in [2.45, 2.75) is 52.0 Å². The molecule has 1 aromatic rings. The summed E-state index contributed by atoms with van der Waals surface area (Å²) < 4.78 is 0. The fourth-order valence-corrected chi connectivity index (χ4v) is 2.24. The highest BCUT2D eigenvalue weighted by atomic mass is 16.3. The zero-order valence-corrected chi connectivity index (χ0v) is 12.5. The third-order valence-corrected chi connectivity index (χ3v) is 3.42. The Morgan fingerprint density at radius 1 is 1.05 bits per heavy atom. The number of hydrogen-bond acceptors (Lipinski definition) is 1. The Labute approximate surface area is 122 Å². The van der Waals surface area contributed by atoms with Gasteiger partial charge in [-0.15, -0.1) is 0 Å². The molecule has 0 heterocycles. The first-order valence-electron chi connectivity index (χ1n) is 7.67. The first-order chi connectivity index (χ1) is 9.77. The molecule has 3 nitrogen and oxygen atoms in total. The second-order valence-electron chi connectivity index (χ2n) is 5.17. The molecule has 1 radical (unpaired) electrons. The Kier molecular flexibility index (Phi) is 8.72. The molecule has 111 valence electrons. The molecule has 0 atom stereocenters. The lowest BCUT2D eigenvalue weighted by Gasteiger charge is -2.21. The van der Waals surface area contributed by atoms with E-state index in [1.807, 2.05) is 30.3 Å². The van der Waals surface area contributed by atoms with Crippen molar-refractivity contribution in [3.05, 3.63) is 35.9 Å². The average molecular weight is 276 g/mol. The summed E-state index contributed by atoms with van der Waals surface area (Å²) >= 11 is 0. The summed E-state index contributed by atoms with van der Waals surface area (Å²) in [6, 6.07) is 9.86. The minimum absolute atomic E-state index is 0.112. The highest BCUT2D eigenvalue weighted by molar-refractivity contribution is 5.76. The fourth-order valence-electron chi connectivity index (χ4n) is 2.24. The van der Waals surface area contributed by atoms with Crippen LogP contribution in [0.15, 0.2) is 30.3 Å². The Bertz CT molecular complexity index is 365. The van der Waals surface area contributed by atoms with Gasteiger partial charge in [0.15, 0.2) is 0 Å². The molecule has 0 saturated carbocycles. The second kappa shape index (κ2) is 10.4. The molecule has 0 aliphatic carbocycles. The van der Waals surface area contributed by atoms with Crippen molar-refractivity contribution < 1.29 is 9.90 Å². The molecule has 20 heavy (non-hydrogen) atoms. The van der Waals surface area contributed by atoms with Crippen LogP contribution < -0.4 is 0 Å². The van der Waals surface area contributed by atoms with Crippen LogP contribution in [0.4, 0.5) is 0 Å². The van der Waals surface area contributed by atoms with Gasteiger partial charge in [0.2, 0.25) is 5.91 Å². The maximum atomic E-state index is 12.2. The minimum atomic E-state index is -0.228. The van der Waals surface area contributed by atoms with Gasteiger partial charge in [0.05, 0.1) is 6.61 Å². The number of hydrogen-bond donors (Lipinski definition) is 0. The molecule has 0 saturated heterocycles. The van der Waals surface area contributed by atoms with Crippen LogP contribution in [-0.2, 0) is 16.4 Å².